The maximum absolute atomic E-state index is 11.8. The maximum atomic E-state index is 11.8. The van der Waals surface area contributed by atoms with Crippen LogP contribution >= 0.6 is 15.9 Å². The van der Waals surface area contributed by atoms with Crippen molar-refractivity contribution in [1.29, 1.82) is 0 Å². The summed E-state index contributed by atoms with van der Waals surface area (Å²) in [4.78, 5) is 27.6. The van der Waals surface area contributed by atoms with Gasteiger partial charge in [0, 0.05) is 22.3 Å². The molecule has 0 unspecified atom stereocenters. The molecule has 0 spiro atoms. The molecule has 0 atom stereocenters. The van der Waals surface area contributed by atoms with Crippen molar-refractivity contribution in [1.82, 2.24) is 4.98 Å². The number of halogens is 1. The minimum absolute atomic E-state index is 0.289. The van der Waals surface area contributed by atoms with Crippen LogP contribution in [0.25, 0.3) is 17.2 Å². The molecule has 0 aliphatic heterocycles. The first kappa shape index (κ1) is 16.9. The Morgan fingerprint density at radius 3 is 2.84 bits per heavy atom. The summed E-state index contributed by atoms with van der Waals surface area (Å²) in [6.45, 7) is -0.386. The summed E-state index contributed by atoms with van der Waals surface area (Å²) in [7, 11) is 0. The van der Waals surface area contributed by atoms with E-state index in [1.807, 2.05) is 18.2 Å². The van der Waals surface area contributed by atoms with Gasteiger partial charge in [-0.15, -0.1) is 0 Å². The van der Waals surface area contributed by atoms with Crippen LogP contribution in [0, 0.1) is 0 Å². The van der Waals surface area contributed by atoms with Crippen LogP contribution < -0.4 is 5.32 Å². The van der Waals surface area contributed by atoms with E-state index in [1.54, 1.807) is 30.3 Å². The number of nitrogens with zero attached hydrogens (tertiary/aromatic N) is 1. The van der Waals surface area contributed by atoms with Crippen LogP contribution in [-0.4, -0.2) is 23.5 Å². The van der Waals surface area contributed by atoms with Crippen LogP contribution in [0.1, 0.15) is 5.89 Å². The number of hydrogen-bond acceptors (Lipinski definition) is 5. The molecule has 0 aliphatic rings. The fourth-order valence-electron chi connectivity index (χ4n) is 2.05. The highest BCUT2D eigenvalue weighted by Crippen LogP contribution is 2.16. The molecule has 3 rings (SSSR count). The molecule has 7 heteroatoms. The van der Waals surface area contributed by atoms with Gasteiger partial charge in [0.05, 0.1) is 0 Å². The van der Waals surface area contributed by atoms with Gasteiger partial charge in [-0.25, -0.2) is 9.78 Å². The summed E-state index contributed by atoms with van der Waals surface area (Å²) in [6, 6.07) is 14.4. The van der Waals surface area contributed by atoms with Crippen molar-refractivity contribution in [3.8, 4) is 0 Å². The molecule has 25 heavy (non-hydrogen) atoms. The van der Waals surface area contributed by atoms with Crippen LogP contribution in [0.5, 0.6) is 0 Å². The van der Waals surface area contributed by atoms with E-state index in [1.165, 1.54) is 6.08 Å². The molecule has 2 aromatic carbocycles. The number of carbonyl (C=O) groups is 2. The molecular weight excluding hydrogens is 388 g/mol. The molecule has 0 fully saturated rings. The lowest BCUT2D eigenvalue weighted by molar-refractivity contribution is -0.142. The van der Waals surface area contributed by atoms with Gasteiger partial charge >= 0.3 is 5.97 Å². The first-order valence-corrected chi connectivity index (χ1v) is 8.15. The topological polar surface area (TPSA) is 81.4 Å². The fourth-order valence-corrected chi connectivity index (χ4v) is 2.45. The number of ether oxygens (including phenoxy) is 1. The Hall–Kier alpha value is -2.93. The quantitative estimate of drug-likeness (QED) is 0.520. The average Bonchev–Trinajstić information content (AvgIpc) is 3.01. The van der Waals surface area contributed by atoms with Crippen molar-refractivity contribution in [3.05, 3.63) is 65.0 Å². The van der Waals surface area contributed by atoms with Crippen molar-refractivity contribution in [2.24, 2.45) is 0 Å². The van der Waals surface area contributed by atoms with E-state index in [0.29, 0.717) is 16.8 Å². The number of hydrogen-bond donors (Lipinski definition) is 1. The summed E-state index contributed by atoms with van der Waals surface area (Å²) in [5.74, 6) is -0.801. The van der Waals surface area contributed by atoms with Gasteiger partial charge in [-0.3, -0.25) is 4.79 Å². The van der Waals surface area contributed by atoms with E-state index in [-0.39, 0.29) is 12.5 Å². The van der Waals surface area contributed by atoms with Gasteiger partial charge in [0.1, 0.15) is 5.52 Å². The van der Waals surface area contributed by atoms with E-state index in [0.717, 1.165) is 10.5 Å². The smallest absolute Gasteiger partial charge is 0.331 e. The third kappa shape index (κ3) is 4.77. The third-order valence-electron chi connectivity index (χ3n) is 3.13. The molecule has 0 radical (unpaired) electrons. The van der Waals surface area contributed by atoms with Gasteiger partial charge in [-0.1, -0.05) is 34.1 Å². The summed E-state index contributed by atoms with van der Waals surface area (Å²) >= 11 is 3.31. The number of esters is 1. The van der Waals surface area contributed by atoms with E-state index in [4.69, 9.17) is 9.15 Å². The SMILES string of the molecule is O=C(COC(=O)/C=C/c1nc2ccccc2o1)Nc1cccc(Br)c1. The van der Waals surface area contributed by atoms with Gasteiger partial charge in [0.15, 0.2) is 12.2 Å². The molecule has 3 aromatic rings. The highest BCUT2D eigenvalue weighted by molar-refractivity contribution is 9.10. The molecule has 0 saturated carbocycles. The normalized spacial score (nSPS) is 10.9. The first-order valence-electron chi connectivity index (χ1n) is 7.36. The molecule has 1 amide bonds. The van der Waals surface area contributed by atoms with Crippen molar-refractivity contribution >= 4 is 50.7 Å². The Morgan fingerprint density at radius 2 is 2.04 bits per heavy atom. The summed E-state index contributed by atoms with van der Waals surface area (Å²) in [6.07, 6.45) is 2.56. The van der Waals surface area contributed by atoms with Crippen LogP contribution in [-0.2, 0) is 14.3 Å². The Kier molecular flexibility index (Phi) is 5.25. The highest BCUT2D eigenvalue weighted by atomic mass is 79.9. The fraction of sp³-hybridized carbons (Fsp3) is 0.0556. The monoisotopic (exact) mass is 400 g/mol. The van der Waals surface area contributed by atoms with Gasteiger partial charge in [0.2, 0.25) is 5.89 Å². The average molecular weight is 401 g/mol. The van der Waals surface area contributed by atoms with Gasteiger partial charge in [-0.05, 0) is 30.3 Å². The zero-order valence-electron chi connectivity index (χ0n) is 12.9. The van der Waals surface area contributed by atoms with Gasteiger partial charge < -0.3 is 14.5 Å². The van der Waals surface area contributed by atoms with Gasteiger partial charge in [0.25, 0.3) is 5.91 Å². The Bertz CT molecular complexity index is 916. The minimum atomic E-state index is -0.661. The predicted molar refractivity (Wildman–Crippen MR) is 96.8 cm³/mol. The second kappa shape index (κ2) is 7.76. The molecule has 126 valence electrons. The van der Waals surface area contributed by atoms with Crippen LogP contribution in [0.3, 0.4) is 0 Å². The van der Waals surface area contributed by atoms with Gasteiger partial charge in [-0.2, -0.15) is 0 Å². The van der Waals surface area contributed by atoms with Crippen LogP contribution in [0.15, 0.2) is 63.5 Å². The molecular formula is C18H13BrN2O4. The number of rotatable bonds is 5. The third-order valence-corrected chi connectivity index (χ3v) is 3.62. The number of nitrogens with one attached hydrogen (secondary N) is 1. The molecule has 0 saturated heterocycles. The number of oxazole rings is 1. The van der Waals surface area contributed by atoms with Crippen molar-refractivity contribution < 1.29 is 18.7 Å². The largest absolute Gasteiger partial charge is 0.452 e. The van der Waals surface area contributed by atoms with E-state index >= 15 is 0 Å². The number of benzene rings is 2. The summed E-state index contributed by atoms with van der Waals surface area (Å²) in [5.41, 5.74) is 1.94. The van der Waals surface area contributed by atoms with Crippen LogP contribution in [0.4, 0.5) is 5.69 Å². The van der Waals surface area contributed by atoms with E-state index in [2.05, 4.69) is 26.2 Å². The Balaban J connectivity index is 1.51. The molecule has 0 bridgehead atoms. The highest BCUT2D eigenvalue weighted by Gasteiger charge is 2.07. The van der Waals surface area contributed by atoms with Crippen LogP contribution in [0.2, 0.25) is 0 Å². The maximum Gasteiger partial charge on any atom is 0.331 e. The second-order valence-electron chi connectivity index (χ2n) is 5.02. The Morgan fingerprint density at radius 1 is 1.20 bits per heavy atom. The van der Waals surface area contributed by atoms with Crippen molar-refractivity contribution in [2.45, 2.75) is 0 Å². The molecule has 1 N–H and O–H groups in total. The zero-order valence-corrected chi connectivity index (χ0v) is 14.5. The number of fused-ring (bicyclic) bond motifs is 1. The number of amides is 1. The lowest BCUT2D eigenvalue weighted by atomic mass is 10.3. The minimum Gasteiger partial charge on any atom is -0.452 e. The summed E-state index contributed by atoms with van der Waals surface area (Å²) < 4.78 is 11.2. The Labute approximate surface area is 151 Å². The standard InChI is InChI=1S/C18H13BrN2O4/c19-12-4-3-5-13(10-12)20-16(22)11-24-18(23)9-8-17-21-14-6-1-2-7-15(14)25-17/h1-10H,11H2,(H,20,22)/b9-8+. The van der Waals surface area contributed by atoms with Crippen molar-refractivity contribution in [2.75, 3.05) is 11.9 Å². The van der Waals surface area contributed by atoms with E-state index in [9.17, 15) is 9.59 Å². The molecule has 1 heterocycles. The van der Waals surface area contributed by atoms with Crippen molar-refractivity contribution in [3.63, 3.8) is 0 Å². The number of carbonyl (C=O) groups excluding carboxylic acids is 2. The summed E-state index contributed by atoms with van der Waals surface area (Å²) in [5, 5.41) is 2.63. The lowest BCUT2D eigenvalue weighted by Gasteiger charge is -2.05. The zero-order chi connectivity index (χ0) is 17.6. The first-order chi connectivity index (χ1) is 12.1. The second-order valence-corrected chi connectivity index (χ2v) is 5.94. The molecule has 0 aliphatic carbocycles. The lowest BCUT2D eigenvalue weighted by Crippen LogP contribution is -2.20. The van der Waals surface area contributed by atoms with E-state index < -0.39 is 11.9 Å². The number of anilines is 1. The number of para-hydroxylation sites is 2. The predicted octanol–water partition coefficient (Wildman–Crippen LogP) is 3.79. The number of aromatic nitrogens is 1. The molecule has 6 nitrogen and oxygen atoms in total. The molecule has 1 aromatic heterocycles.